The summed E-state index contributed by atoms with van der Waals surface area (Å²) in [5.41, 5.74) is 1.37. The van der Waals surface area contributed by atoms with Gasteiger partial charge in [-0.1, -0.05) is 33.6 Å². The second kappa shape index (κ2) is 7.50. The van der Waals surface area contributed by atoms with E-state index in [1.165, 1.54) is 6.07 Å². The van der Waals surface area contributed by atoms with Crippen molar-refractivity contribution in [3.05, 3.63) is 61.7 Å². The Labute approximate surface area is 180 Å². The molecular formula is C22H18BrClO5. The van der Waals surface area contributed by atoms with Crippen LogP contribution in [0.5, 0.6) is 5.75 Å². The van der Waals surface area contributed by atoms with Crippen LogP contribution in [-0.4, -0.2) is 17.7 Å². The number of carbonyl (C=O) groups is 1. The van der Waals surface area contributed by atoms with Gasteiger partial charge in [0.2, 0.25) is 0 Å². The Hall–Kier alpha value is -2.31. The minimum Gasteiger partial charge on any atom is -0.492 e. The molecule has 0 aliphatic heterocycles. The fourth-order valence-corrected chi connectivity index (χ4v) is 3.89. The van der Waals surface area contributed by atoms with E-state index in [2.05, 4.69) is 15.9 Å². The smallest absolute Gasteiger partial charge is 0.304 e. The third-order valence-electron chi connectivity index (χ3n) is 5.25. The van der Waals surface area contributed by atoms with Gasteiger partial charge in [-0.05, 0) is 49.6 Å². The number of ether oxygens (including phenoxy) is 1. The summed E-state index contributed by atoms with van der Waals surface area (Å²) in [7, 11) is 0. The normalized spacial score (nSPS) is 14.7. The number of carboxylic acid groups (broad SMARTS) is 1. The molecule has 5 nitrogen and oxygen atoms in total. The van der Waals surface area contributed by atoms with Crippen molar-refractivity contribution in [2.75, 3.05) is 6.61 Å². The van der Waals surface area contributed by atoms with Crippen LogP contribution in [0.2, 0.25) is 5.02 Å². The van der Waals surface area contributed by atoms with Crippen molar-refractivity contribution in [3.8, 4) is 17.1 Å². The first-order valence-electron chi connectivity index (χ1n) is 9.15. The van der Waals surface area contributed by atoms with E-state index < -0.39 is 5.97 Å². The quantitative estimate of drug-likeness (QED) is 0.484. The van der Waals surface area contributed by atoms with Crippen molar-refractivity contribution in [3.63, 3.8) is 0 Å². The molecule has 1 aromatic heterocycles. The summed E-state index contributed by atoms with van der Waals surface area (Å²) in [5, 5.41) is 9.90. The Bertz CT molecular complexity index is 1180. The Morgan fingerprint density at radius 3 is 2.76 bits per heavy atom. The van der Waals surface area contributed by atoms with Crippen LogP contribution in [0, 0.1) is 12.3 Å². The van der Waals surface area contributed by atoms with Crippen molar-refractivity contribution in [1.82, 2.24) is 0 Å². The van der Waals surface area contributed by atoms with E-state index in [4.69, 9.17) is 25.9 Å². The molecule has 2 aromatic carbocycles. The highest BCUT2D eigenvalue weighted by atomic mass is 79.9. The number of hydrogen-bond donors (Lipinski definition) is 1. The van der Waals surface area contributed by atoms with Crippen LogP contribution in [0.1, 0.15) is 24.8 Å². The van der Waals surface area contributed by atoms with Crippen molar-refractivity contribution >= 4 is 44.5 Å². The first kappa shape index (κ1) is 20.0. The summed E-state index contributed by atoms with van der Waals surface area (Å²) >= 11 is 9.74. The summed E-state index contributed by atoms with van der Waals surface area (Å²) in [4.78, 5) is 23.7. The minimum absolute atomic E-state index is 0.0794. The molecule has 1 N–H and O–H groups in total. The third-order valence-corrected chi connectivity index (χ3v) is 6.40. The standard InChI is InChI=1S/C22H18BrClO5/c1-12-7-14(19-9-17(25)13-3-2-4-16(24)21(13)29-19)18(8-15(12)23)28-11-22(5-6-22)10-20(26)27/h2-4,7-9H,5-6,10-11H2,1H3,(H,26,27). The van der Waals surface area contributed by atoms with Crippen molar-refractivity contribution in [2.45, 2.75) is 26.2 Å². The molecule has 0 saturated heterocycles. The van der Waals surface area contributed by atoms with Gasteiger partial charge in [-0.15, -0.1) is 0 Å². The summed E-state index contributed by atoms with van der Waals surface area (Å²) in [6.45, 7) is 2.22. The highest BCUT2D eigenvalue weighted by Gasteiger charge is 2.45. The zero-order chi connectivity index (χ0) is 20.8. The molecule has 0 amide bonds. The maximum absolute atomic E-state index is 12.6. The SMILES string of the molecule is Cc1cc(-c2cc(=O)c3cccc(Cl)c3o2)c(OCC2(CC(=O)O)CC2)cc1Br. The Balaban J connectivity index is 1.77. The number of carboxylic acids is 1. The van der Waals surface area contributed by atoms with Crippen molar-refractivity contribution < 1.29 is 19.1 Å². The second-order valence-electron chi connectivity index (χ2n) is 7.55. The number of aryl methyl sites for hydroxylation is 1. The van der Waals surface area contributed by atoms with E-state index in [9.17, 15) is 9.59 Å². The molecule has 7 heteroatoms. The number of aliphatic carboxylic acids is 1. The molecule has 1 heterocycles. The van der Waals surface area contributed by atoms with Gasteiger partial charge in [0, 0.05) is 16.0 Å². The van der Waals surface area contributed by atoms with E-state index in [1.807, 2.05) is 19.1 Å². The molecule has 0 spiro atoms. The van der Waals surface area contributed by atoms with Gasteiger partial charge in [-0.3, -0.25) is 9.59 Å². The lowest BCUT2D eigenvalue weighted by Gasteiger charge is -2.17. The maximum atomic E-state index is 12.6. The maximum Gasteiger partial charge on any atom is 0.304 e. The molecule has 3 aromatic rings. The number of hydrogen-bond acceptors (Lipinski definition) is 4. The van der Waals surface area contributed by atoms with Crippen LogP contribution in [0.25, 0.3) is 22.3 Å². The van der Waals surface area contributed by atoms with Crippen LogP contribution < -0.4 is 10.2 Å². The van der Waals surface area contributed by atoms with Gasteiger partial charge in [0.05, 0.1) is 29.0 Å². The van der Waals surface area contributed by atoms with E-state index in [-0.39, 0.29) is 17.3 Å². The van der Waals surface area contributed by atoms with Gasteiger partial charge in [-0.2, -0.15) is 0 Å². The highest BCUT2D eigenvalue weighted by molar-refractivity contribution is 9.10. The number of halogens is 2. The molecule has 0 radical (unpaired) electrons. The summed E-state index contributed by atoms with van der Waals surface area (Å²) in [5.74, 6) is 0.0459. The number of benzene rings is 2. The molecule has 150 valence electrons. The van der Waals surface area contributed by atoms with Gasteiger partial charge in [-0.25, -0.2) is 0 Å². The predicted molar refractivity (Wildman–Crippen MR) is 115 cm³/mol. The number of rotatable bonds is 6. The van der Waals surface area contributed by atoms with E-state index in [0.29, 0.717) is 39.7 Å². The molecular weight excluding hydrogens is 460 g/mol. The van der Waals surface area contributed by atoms with Crippen LogP contribution in [0.15, 0.2) is 50.1 Å². The van der Waals surface area contributed by atoms with Crippen molar-refractivity contribution in [2.24, 2.45) is 5.41 Å². The summed E-state index contributed by atoms with van der Waals surface area (Å²) < 4.78 is 12.9. The van der Waals surface area contributed by atoms with Crippen LogP contribution in [0.4, 0.5) is 0 Å². The van der Waals surface area contributed by atoms with Gasteiger partial charge >= 0.3 is 5.97 Å². The van der Waals surface area contributed by atoms with E-state index in [1.54, 1.807) is 18.2 Å². The molecule has 1 saturated carbocycles. The van der Waals surface area contributed by atoms with Crippen LogP contribution in [0.3, 0.4) is 0 Å². The molecule has 0 unspecified atom stereocenters. The van der Waals surface area contributed by atoms with Gasteiger partial charge < -0.3 is 14.3 Å². The van der Waals surface area contributed by atoms with Crippen molar-refractivity contribution in [1.29, 1.82) is 0 Å². The van der Waals surface area contributed by atoms with Gasteiger partial charge in [0.15, 0.2) is 11.0 Å². The molecule has 4 rings (SSSR count). The molecule has 0 atom stereocenters. The Morgan fingerprint density at radius 2 is 2.07 bits per heavy atom. The van der Waals surface area contributed by atoms with Crippen LogP contribution >= 0.6 is 27.5 Å². The molecule has 1 aliphatic rings. The summed E-state index contributed by atoms with van der Waals surface area (Å²) in [6, 6.07) is 10.2. The van der Waals surface area contributed by atoms with E-state index in [0.717, 1.165) is 22.9 Å². The molecule has 1 aliphatic carbocycles. The summed E-state index contributed by atoms with van der Waals surface area (Å²) in [6.07, 6.45) is 1.72. The fourth-order valence-electron chi connectivity index (χ4n) is 3.35. The molecule has 0 bridgehead atoms. The zero-order valence-corrected chi connectivity index (χ0v) is 18.0. The van der Waals surface area contributed by atoms with E-state index >= 15 is 0 Å². The average molecular weight is 478 g/mol. The lowest BCUT2D eigenvalue weighted by molar-refractivity contribution is -0.138. The first-order chi connectivity index (χ1) is 13.8. The minimum atomic E-state index is -0.827. The zero-order valence-electron chi connectivity index (χ0n) is 15.6. The highest BCUT2D eigenvalue weighted by Crippen LogP contribution is 2.49. The fraction of sp³-hybridized carbons (Fsp3) is 0.273. The number of para-hydroxylation sites is 1. The van der Waals surface area contributed by atoms with Gasteiger partial charge in [0.1, 0.15) is 11.5 Å². The van der Waals surface area contributed by atoms with Crippen LogP contribution in [-0.2, 0) is 4.79 Å². The largest absolute Gasteiger partial charge is 0.492 e. The lowest BCUT2D eigenvalue weighted by atomic mass is 10.0. The number of fused-ring (bicyclic) bond motifs is 1. The topological polar surface area (TPSA) is 76.7 Å². The predicted octanol–water partition coefficient (Wildman–Crippen LogP) is 5.82. The second-order valence-corrected chi connectivity index (χ2v) is 8.81. The molecule has 29 heavy (non-hydrogen) atoms. The Kier molecular flexibility index (Phi) is 5.17. The van der Waals surface area contributed by atoms with Gasteiger partial charge in [0.25, 0.3) is 0 Å². The molecule has 1 fully saturated rings. The average Bonchev–Trinajstić information content (AvgIpc) is 3.42. The first-order valence-corrected chi connectivity index (χ1v) is 10.3. The lowest BCUT2D eigenvalue weighted by Crippen LogP contribution is -2.17. The monoisotopic (exact) mass is 476 g/mol. The third kappa shape index (κ3) is 4.05. The Morgan fingerprint density at radius 1 is 1.31 bits per heavy atom.